The SMILES string of the molecule is NCC1CCCCC1Oc1nc2c(cc1C(N)=O)CCC2. The number of nitrogens with zero attached hydrogens (tertiary/aromatic N) is 1. The third-order valence-corrected chi connectivity index (χ3v) is 4.69. The zero-order valence-electron chi connectivity index (χ0n) is 12.3. The van der Waals surface area contributed by atoms with Crippen molar-refractivity contribution in [1.29, 1.82) is 0 Å². The van der Waals surface area contributed by atoms with E-state index in [1.54, 1.807) is 0 Å². The fourth-order valence-electron chi connectivity index (χ4n) is 3.46. The van der Waals surface area contributed by atoms with Gasteiger partial charge in [-0.15, -0.1) is 0 Å². The van der Waals surface area contributed by atoms with E-state index >= 15 is 0 Å². The van der Waals surface area contributed by atoms with Gasteiger partial charge in [-0.05, 0) is 56.7 Å². The molecule has 114 valence electrons. The van der Waals surface area contributed by atoms with Crippen LogP contribution in [0.5, 0.6) is 5.88 Å². The van der Waals surface area contributed by atoms with Crippen LogP contribution in [0.1, 0.15) is 53.7 Å². The average molecular weight is 289 g/mol. The fourth-order valence-corrected chi connectivity index (χ4v) is 3.46. The number of aryl methyl sites for hydroxylation is 2. The van der Waals surface area contributed by atoms with Crippen LogP contribution in [0, 0.1) is 5.92 Å². The van der Waals surface area contributed by atoms with Crippen LogP contribution in [0.2, 0.25) is 0 Å². The Morgan fingerprint density at radius 2 is 2.10 bits per heavy atom. The monoisotopic (exact) mass is 289 g/mol. The van der Waals surface area contributed by atoms with Crippen molar-refractivity contribution in [3.8, 4) is 5.88 Å². The second-order valence-electron chi connectivity index (χ2n) is 6.10. The highest BCUT2D eigenvalue weighted by atomic mass is 16.5. The molecule has 2 aliphatic rings. The molecule has 0 saturated heterocycles. The molecular formula is C16H23N3O2. The predicted octanol–water partition coefficient (Wildman–Crippen LogP) is 1.57. The minimum absolute atomic E-state index is 0.0498. The number of aromatic nitrogens is 1. The van der Waals surface area contributed by atoms with Crippen molar-refractivity contribution in [3.05, 3.63) is 22.9 Å². The fraction of sp³-hybridized carbons (Fsp3) is 0.625. The maximum atomic E-state index is 11.7. The molecule has 4 N–H and O–H groups in total. The lowest BCUT2D eigenvalue weighted by atomic mass is 9.86. The Morgan fingerprint density at radius 1 is 1.29 bits per heavy atom. The lowest BCUT2D eigenvalue weighted by Gasteiger charge is -2.31. The smallest absolute Gasteiger partial charge is 0.254 e. The molecular weight excluding hydrogens is 266 g/mol. The van der Waals surface area contributed by atoms with E-state index in [-0.39, 0.29) is 6.10 Å². The van der Waals surface area contributed by atoms with Crippen LogP contribution in [0.15, 0.2) is 6.07 Å². The van der Waals surface area contributed by atoms with Gasteiger partial charge in [0.2, 0.25) is 5.88 Å². The topological polar surface area (TPSA) is 91.2 Å². The first-order chi connectivity index (χ1) is 10.2. The molecule has 5 heteroatoms. The standard InChI is InChI=1S/C16H23N3O2/c17-9-11-4-1-2-7-14(11)21-16-12(15(18)20)8-10-5-3-6-13(10)19-16/h8,11,14H,1-7,9,17H2,(H2,18,20). The number of fused-ring (bicyclic) bond motifs is 1. The molecule has 0 aliphatic heterocycles. The van der Waals surface area contributed by atoms with Crippen LogP contribution in [-0.4, -0.2) is 23.5 Å². The van der Waals surface area contributed by atoms with Gasteiger partial charge in [0.1, 0.15) is 11.7 Å². The van der Waals surface area contributed by atoms with Crippen molar-refractivity contribution >= 4 is 5.91 Å². The largest absolute Gasteiger partial charge is 0.473 e. The van der Waals surface area contributed by atoms with Gasteiger partial charge in [-0.3, -0.25) is 4.79 Å². The number of hydrogen-bond donors (Lipinski definition) is 2. The highest BCUT2D eigenvalue weighted by Crippen LogP contribution is 2.31. The number of primary amides is 1. The molecule has 1 amide bonds. The Bertz CT molecular complexity index is 545. The molecule has 0 radical (unpaired) electrons. The lowest BCUT2D eigenvalue weighted by molar-refractivity contribution is 0.0871. The van der Waals surface area contributed by atoms with Crippen LogP contribution in [0.3, 0.4) is 0 Å². The number of pyridine rings is 1. The third-order valence-electron chi connectivity index (χ3n) is 4.69. The summed E-state index contributed by atoms with van der Waals surface area (Å²) in [6, 6.07) is 1.87. The number of hydrogen-bond acceptors (Lipinski definition) is 4. The van der Waals surface area contributed by atoms with Gasteiger partial charge in [0.25, 0.3) is 5.91 Å². The quantitative estimate of drug-likeness (QED) is 0.880. The Kier molecular flexibility index (Phi) is 4.10. The molecule has 2 aliphatic carbocycles. The molecule has 1 heterocycles. The van der Waals surface area contributed by atoms with E-state index in [4.69, 9.17) is 16.2 Å². The number of amides is 1. The summed E-state index contributed by atoms with van der Waals surface area (Å²) in [4.78, 5) is 16.3. The summed E-state index contributed by atoms with van der Waals surface area (Å²) in [6.07, 6.45) is 7.44. The Hall–Kier alpha value is -1.62. The number of nitrogens with two attached hydrogens (primary N) is 2. The van der Waals surface area contributed by atoms with Crippen molar-refractivity contribution in [3.63, 3.8) is 0 Å². The zero-order chi connectivity index (χ0) is 14.8. The van der Waals surface area contributed by atoms with Crippen LogP contribution in [0.4, 0.5) is 0 Å². The minimum Gasteiger partial charge on any atom is -0.473 e. The molecule has 1 saturated carbocycles. The van der Waals surface area contributed by atoms with Gasteiger partial charge in [0, 0.05) is 11.6 Å². The Balaban J connectivity index is 1.88. The molecule has 0 bridgehead atoms. The highest BCUT2D eigenvalue weighted by molar-refractivity contribution is 5.95. The van der Waals surface area contributed by atoms with Crippen molar-refractivity contribution in [2.75, 3.05) is 6.54 Å². The molecule has 3 rings (SSSR count). The molecule has 1 fully saturated rings. The van der Waals surface area contributed by atoms with Crippen LogP contribution in [0.25, 0.3) is 0 Å². The van der Waals surface area contributed by atoms with E-state index in [0.29, 0.717) is 23.9 Å². The molecule has 2 atom stereocenters. The molecule has 1 aromatic heterocycles. The van der Waals surface area contributed by atoms with Gasteiger partial charge in [0.05, 0.1) is 0 Å². The van der Waals surface area contributed by atoms with Gasteiger partial charge in [-0.2, -0.15) is 0 Å². The molecule has 2 unspecified atom stereocenters. The van der Waals surface area contributed by atoms with E-state index in [1.165, 1.54) is 6.42 Å². The molecule has 5 nitrogen and oxygen atoms in total. The normalized spacial score (nSPS) is 24.6. The summed E-state index contributed by atoms with van der Waals surface area (Å²) < 4.78 is 6.08. The van der Waals surface area contributed by atoms with E-state index in [0.717, 1.165) is 49.8 Å². The third kappa shape index (κ3) is 2.88. The maximum Gasteiger partial charge on any atom is 0.254 e. The van der Waals surface area contributed by atoms with E-state index in [2.05, 4.69) is 4.98 Å². The van der Waals surface area contributed by atoms with E-state index < -0.39 is 5.91 Å². The highest BCUT2D eigenvalue weighted by Gasteiger charge is 2.28. The molecule has 0 spiro atoms. The summed E-state index contributed by atoms with van der Waals surface area (Å²) in [5.74, 6) is 0.287. The minimum atomic E-state index is -0.465. The van der Waals surface area contributed by atoms with Gasteiger partial charge < -0.3 is 16.2 Å². The van der Waals surface area contributed by atoms with Gasteiger partial charge in [-0.25, -0.2) is 4.98 Å². The van der Waals surface area contributed by atoms with Crippen molar-refractivity contribution in [2.24, 2.45) is 17.4 Å². The van der Waals surface area contributed by atoms with E-state index in [9.17, 15) is 4.79 Å². The second kappa shape index (κ2) is 6.02. The number of carbonyl (C=O) groups excluding carboxylic acids is 1. The summed E-state index contributed by atoms with van der Waals surface area (Å²) in [5.41, 5.74) is 13.9. The van der Waals surface area contributed by atoms with Gasteiger partial charge in [-0.1, -0.05) is 6.42 Å². The first kappa shape index (κ1) is 14.3. The van der Waals surface area contributed by atoms with Gasteiger partial charge >= 0.3 is 0 Å². The maximum absolute atomic E-state index is 11.7. The number of carbonyl (C=O) groups is 1. The first-order valence-corrected chi connectivity index (χ1v) is 7.88. The Labute approximate surface area is 125 Å². The first-order valence-electron chi connectivity index (χ1n) is 7.88. The summed E-state index contributed by atoms with van der Waals surface area (Å²) in [5, 5.41) is 0. The summed E-state index contributed by atoms with van der Waals surface area (Å²) in [6.45, 7) is 0.613. The van der Waals surface area contributed by atoms with Crippen LogP contribution >= 0.6 is 0 Å². The lowest BCUT2D eigenvalue weighted by Crippen LogP contribution is -2.36. The van der Waals surface area contributed by atoms with E-state index in [1.807, 2.05) is 6.07 Å². The predicted molar refractivity (Wildman–Crippen MR) is 80.2 cm³/mol. The summed E-state index contributed by atoms with van der Waals surface area (Å²) in [7, 11) is 0. The average Bonchev–Trinajstić information content (AvgIpc) is 2.94. The Morgan fingerprint density at radius 3 is 2.86 bits per heavy atom. The number of rotatable bonds is 4. The molecule has 1 aromatic rings. The van der Waals surface area contributed by atoms with Crippen LogP contribution in [-0.2, 0) is 12.8 Å². The number of ether oxygens (including phenoxy) is 1. The van der Waals surface area contributed by atoms with Crippen molar-refractivity contribution in [2.45, 2.75) is 51.0 Å². The molecule has 0 aromatic carbocycles. The summed E-state index contributed by atoms with van der Waals surface area (Å²) >= 11 is 0. The van der Waals surface area contributed by atoms with Crippen molar-refractivity contribution < 1.29 is 9.53 Å². The van der Waals surface area contributed by atoms with Gasteiger partial charge in [0.15, 0.2) is 0 Å². The second-order valence-corrected chi connectivity index (χ2v) is 6.10. The zero-order valence-corrected chi connectivity index (χ0v) is 12.3. The molecule has 21 heavy (non-hydrogen) atoms. The van der Waals surface area contributed by atoms with Crippen molar-refractivity contribution in [1.82, 2.24) is 4.98 Å². The van der Waals surface area contributed by atoms with Crippen LogP contribution < -0.4 is 16.2 Å².